The molecule has 2 nitrogen and oxygen atoms in total. The predicted octanol–water partition coefficient (Wildman–Crippen LogP) is 1.73. The topological polar surface area (TPSA) is 43.1 Å². The molecule has 2 heteroatoms. The second kappa shape index (κ2) is 4.04. The first-order valence-corrected chi connectivity index (χ1v) is 4.92. The lowest BCUT2D eigenvalue weighted by Gasteiger charge is -2.28. The van der Waals surface area contributed by atoms with Gasteiger partial charge in [0.1, 0.15) is 5.78 Å². The Labute approximate surface area is 74.5 Å². The SMILES string of the molecule is CC(C)C(=O)C1CCCCC1N. The van der Waals surface area contributed by atoms with Crippen LogP contribution in [-0.2, 0) is 4.79 Å². The van der Waals surface area contributed by atoms with Crippen LogP contribution < -0.4 is 5.73 Å². The van der Waals surface area contributed by atoms with Gasteiger partial charge in [-0.15, -0.1) is 0 Å². The third kappa shape index (κ3) is 2.07. The second-order valence-corrected chi connectivity index (χ2v) is 4.11. The molecule has 0 aromatic carbocycles. The van der Waals surface area contributed by atoms with Gasteiger partial charge in [0.2, 0.25) is 0 Å². The maximum absolute atomic E-state index is 11.6. The first kappa shape index (κ1) is 9.72. The molecular formula is C10H19NO. The van der Waals surface area contributed by atoms with Gasteiger partial charge in [-0.3, -0.25) is 4.79 Å². The minimum Gasteiger partial charge on any atom is -0.327 e. The number of carbonyl (C=O) groups is 1. The van der Waals surface area contributed by atoms with Crippen LogP contribution >= 0.6 is 0 Å². The van der Waals surface area contributed by atoms with Crippen molar-refractivity contribution in [2.24, 2.45) is 17.6 Å². The van der Waals surface area contributed by atoms with Crippen LogP contribution in [0.5, 0.6) is 0 Å². The Morgan fingerprint density at radius 1 is 1.33 bits per heavy atom. The van der Waals surface area contributed by atoms with E-state index in [0.29, 0.717) is 5.78 Å². The van der Waals surface area contributed by atoms with E-state index in [1.807, 2.05) is 13.8 Å². The molecule has 0 aliphatic heterocycles. The number of Topliss-reactive ketones (excluding diaryl/α,β-unsaturated/α-hetero) is 1. The summed E-state index contributed by atoms with van der Waals surface area (Å²) in [6.45, 7) is 3.92. The van der Waals surface area contributed by atoms with Crippen molar-refractivity contribution in [3.63, 3.8) is 0 Å². The van der Waals surface area contributed by atoms with Crippen molar-refractivity contribution >= 4 is 5.78 Å². The van der Waals surface area contributed by atoms with Crippen LogP contribution in [0.25, 0.3) is 0 Å². The van der Waals surface area contributed by atoms with Gasteiger partial charge in [-0.2, -0.15) is 0 Å². The number of hydrogen-bond acceptors (Lipinski definition) is 2. The summed E-state index contributed by atoms with van der Waals surface area (Å²) in [5.41, 5.74) is 5.90. The van der Waals surface area contributed by atoms with Crippen LogP contribution in [0, 0.1) is 11.8 Å². The highest BCUT2D eigenvalue weighted by Crippen LogP contribution is 2.25. The number of nitrogens with two attached hydrogens (primary N) is 1. The van der Waals surface area contributed by atoms with Crippen molar-refractivity contribution in [1.82, 2.24) is 0 Å². The van der Waals surface area contributed by atoms with Gasteiger partial charge in [0, 0.05) is 17.9 Å². The molecule has 2 N–H and O–H groups in total. The Kier molecular flexibility index (Phi) is 3.27. The minimum absolute atomic E-state index is 0.133. The van der Waals surface area contributed by atoms with Gasteiger partial charge >= 0.3 is 0 Å². The molecule has 1 saturated carbocycles. The van der Waals surface area contributed by atoms with Crippen LogP contribution in [-0.4, -0.2) is 11.8 Å². The number of carbonyl (C=O) groups excluding carboxylic acids is 1. The number of hydrogen-bond donors (Lipinski definition) is 1. The van der Waals surface area contributed by atoms with Crippen molar-refractivity contribution in [3.8, 4) is 0 Å². The molecule has 2 unspecified atom stereocenters. The van der Waals surface area contributed by atoms with E-state index in [9.17, 15) is 4.79 Å². The van der Waals surface area contributed by atoms with E-state index in [1.165, 1.54) is 12.8 Å². The summed E-state index contributed by atoms with van der Waals surface area (Å²) in [6, 6.07) is 0.133. The maximum Gasteiger partial charge on any atom is 0.140 e. The average Bonchev–Trinajstić information content (AvgIpc) is 2.04. The van der Waals surface area contributed by atoms with Gasteiger partial charge < -0.3 is 5.73 Å². The summed E-state index contributed by atoms with van der Waals surface area (Å²) in [4.78, 5) is 11.6. The van der Waals surface area contributed by atoms with Crippen LogP contribution in [0.15, 0.2) is 0 Å². The van der Waals surface area contributed by atoms with E-state index in [4.69, 9.17) is 5.73 Å². The zero-order valence-electron chi connectivity index (χ0n) is 8.05. The molecule has 1 rings (SSSR count). The van der Waals surface area contributed by atoms with E-state index in [1.54, 1.807) is 0 Å². The molecule has 1 aliphatic rings. The average molecular weight is 169 g/mol. The molecule has 0 spiro atoms. The summed E-state index contributed by atoms with van der Waals surface area (Å²) in [6.07, 6.45) is 4.42. The maximum atomic E-state index is 11.6. The molecule has 0 amide bonds. The van der Waals surface area contributed by atoms with Crippen LogP contribution in [0.3, 0.4) is 0 Å². The lowest BCUT2D eigenvalue weighted by molar-refractivity contribution is -0.127. The van der Waals surface area contributed by atoms with Crippen LogP contribution in [0.4, 0.5) is 0 Å². The quantitative estimate of drug-likeness (QED) is 0.684. The molecule has 1 fully saturated rings. The van der Waals surface area contributed by atoms with Crippen molar-refractivity contribution in [2.75, 3.05) is 0 Å². The minimum atomic E-state index is 0.133. The normalized spacial score (nSPS) is 30.7. The fourth-order valence-electron chi connectivity index (χ4n) is 1.94. The smallest absolute Gasteiger partial charge is 0.140 e. The van der Waals surface area contributed by atoms with Gasteiger partial charge in [0.15, 0.2) is 0 Å². The highest BCUT2D eigenvalue weighted by atomic mass is 16.1. The third-order valence-corrected chi connectivity index (χ3v) is 2.75. The molecule has 1 aliphatic carbocycles. The summed E-state index contributed by atoms with van der Waals surface area (Å²) < 4.78 is 0. The zero-order valence-corrected chi connectivity index (χ0v) is 8.05. The molecule has 2 atom stereocenters. The largest absolute Gasteiger partial charge is 0.327 e. The fraction of sp³-hybridized carbons (Fsp3) is 0.900. The fourth-order valence-corrected chi connectivity index (χ4v) is 1.94. The first-order valence-electron chi connectivity index (χ1n) is 4.92. The van der Waals surface area contributed by atoms with E-state index in [0.717, 1.165) is 12.8 Å². The van der Waals surface area contributed by atoms with Gasteiger partial charge in [-0.05, 0) is 12.8 Å². The Balaban J connectivity index is 2.53. The van der Waals surface area contributed by atoms with Gasteiger partial charge in [-0.25, -0.2) is 0 Å². The Morgan fingerprint density at radius 3 is 2.42 bits per heavy atom. The molecule has 0 aromatic rings. The van der Waals surface area contributed by atoms with E-state index >= 15 is 0 Å². The second-order valence-electron chi connectivity index (χ2n) is 4.11. The standard InChI is InChI=1S/C10H19NO/c1-7(2)10(12)8-5-3-4-6-9(8)11/h7-9H,3-6,11H2,1-2H3. The molecule has 0 radical (unpaired) electrons. The predicted molar refractivity (Wildman–Crippen MR) is 49.8 cm³/mol. The van der Waals surface area contributed by atoms with Gasteiger partial charge in [0.05, 0.1) is 0 Å². The highest BCUT2D eigenvalue weighted by Gasteiger charge is 2.29. The van der Waals surface area contributed by atoms with Crippen molar-refractivity contribution in [1.29, 1.82) is 0 Å². The molecule has 0 aromatic heterocycles. The highest BCUT2D eigenvalue weighted by molar-refractivity contribution is 5.83. The Bertz CT molecular complexity index is 165. The number of ketones is 1. The summed E-state index contributed by atoms with van der Waals surface area (Å²) in [5, 5.41) is 0. The Hall–Kier alpha value is -0.370. The van der Waals surface area contributed by atoms with Crippen molar-refractivity contribution in [2.45, 2.75) is 45.6 Å². The van der Waals surface area contributed by atoms with Gasteiger partial charge in [-0.1, -0.05) is 26.7 Å². The summed E-state index contributed by atoms with van der Waals surface area (Å²) >= 11 is 0. The third-order valence-electron chi connectivity index (χ3n) is 2.75. The van der Waals surface area contributed by atoms with Crippen molar-refractivity contribution < 1.29 is 4.79 Å². The van der Waals surface area contributed by atoms with Crippen LogP contribution in [0.1, 0.15) is 39.5 Å². The van der Waals surface area contributed by atoms with Gasteiger partial charge in [0.25, 0.3) is 0 Å². The monoisotopic (exact) mass is 169 g/mol. The van der Waals surface area contributed by atoms with Crippen LogP contribution in [0.2, 0.25) is 0 Å². The summed E-state index contributed by atoms with van der Waals surface area (Å²) in [7, 11) is 0. The lowest BCUT2D eigenvalue weighted by atomic mass is 9.79. The zero-order chi connectivity index (χ0) is 9.14. The molecular weight excluding hydrogens is 150 g/mol. The number of rotatable bonds is 2. The Morgan fingerprint density at radius 2 is 1.92 bits per heavy atom. The molecule has 0 saturated heterocycles. The molecule has 12 heavy (non-hydrogen) atoms. The summed E-state index contributed by atoms with van der Waals surface area (Å²) in [5.74, 6) is 0.667. The van der Waals surface area contributed by atoms with E-state index < -0.39 is 0 Å². The van der Waals surface area contributed by atoms with E-state index in [-0.39, 0.29) is 17.9 Å². The molecule has 0 bridgehead atoms. The molecule has 70 valence electrons. The first-order chi connectivity index (χ1) is 5.63. The van der Waals surface area contributed by atoms with E-state index in [2.05, 4.69) is 0 Å². The lowest BCUT2D eigenvalue weighted by Crippen LogP contribution is -2.39. The molecule has 0 heterocycles. The van der Waals surface area contributed by atoms with Crippen molar-refractivity contribution in [3.05, 3.63) is 0 Å².